The van der Waals surface area contributed by atoms with Gasteiger partial charge in [-0.15, -0.1) is 0 Å². The van der Waals surface area contributed by atoms with E-state index in [1.54, 1.807) is 0 Å². The molecule has 0 aliphatic carbocycles. The van der Waals surface area contributed by atoms with Crippen molar-refractivity contribution in [2.24, 2.45) is 0 Å². The van der Waals surface area contributed by atoms with Gasteiger partial charge in [0.15, 0.2) is 0 Å². The minimum atomic E-state index is -4.45. The monoisotopic (exact) mass is 203 g/mol. The van der Waals surface area contributed by atoms with Crippen LogP contribution in [0.4, 0.5) is 13.2 Å². The molecule has 74 valence electrons. The van der Waals surface area contributed by atoms with Gasteiger partial charge in [0, 0.05) is 0 Å². The number of aromatic nitrogens is 1. The van der Waals surface area contributed by atoms with Gasteiger partial charge in [-0.05, 0) is 18.2 Å². The van der Waals surface area contributed by atoms with Gasteiger partial charge < -0.3 is 4.52 Å². The Kier molecular flexibility index (Phi) is 1.67. The molecule has 0 atom stereocenters. The minimum Gasteiger partial charge on any atom is -0.338 e. The predicted molar refractivity (Wildman–Crippen MR) is 41.8 cm³/mol. The maximum absolute atomic E-state index is 12.2. The molecule has 6 heteroatoms. The van der Waals surface area contributed by atoms with E-state index in [0.717, 1.165) is 18.2 Å². The molecule has 0 spiro atoms. The zero-order valence-corrected chi connectivity index (χ0v) is 6.68. The van der Waals surface area contributed by atoms with E-state index in [0.29, 0.717) is 0 Å². The van der Waals surface area contributed by atoms with Crippen LogP contribution in [-0.4, -0.2) is 5.16 Å². The number of nitrogens with one attached hydrogen (secondary N) is 1. The summed E-state index contributed by atoms with van der Waals surface area (Å²) in [6.07, 6.45) is -4.45. The molecule has 2 rings (SSSR count). The lowest BCUT2D eigenvalue weighted by molar-refractivity contribution is -0.137. The summed E-state index contributed by atoms with van der Waals surface area (Å²) < 4.78 is 41.0. The van der Waals surface area contributed by atoms with Crippen molar-refractivity contribution in [1.82, 2.24) is 5.16 Å². The normalized spacial score (nSPS) is 12.2. The Morgan fingerprint density at radius 2 is 2.00 bits per heavy atom. The third kappa shape index (κ3) is 1.28. The molecule has 0 bridgehead atoms. The lowest BCUT2D eigenvalue weighted by atomic mass is 10.1. The quantitative estimate of drug-likeness (QED) is 0.712. The molecule has 0 saturated heterocycles. The first-order chi connectivity index (χ1) is 6.48. The van der Waals surface area contributed by atoms with Crippen LogP contribution in [0.25, 0.3) is 10.9 Å². The van der Waals surface area contributed by atoms with Crippen LogP contribution < -0.4 is 5.63 Å². The molecule has 0 aliphatic rings. The molecule has 14 heavy (non-hydrogen) atoms. The number of alkyl halides is 3. The third-order valence-electron chi connectivity index (χ3n) is 1.82. The summed E-state index contributed by atoms with van der Waals surface area (Å²) in [5, 5.41) is 2.11. The van der Waals surface area contributed by atoms with E-state index < -0.39 is 17.4 Å². The van der Waals surface area contributed by atoms with Crippen LogP contribution in [-0.2, 0) is 6.18 Å². The molecule has 1 heterocycles. The molecule has 0 fully saturated rings. The Hall–Kier alpha value is -1.72. The maximum Gasteiger partial charge on any atom is 0.416 e. The van der Waals surface area contributed by atoms with Gasteiger partial charge >= 0.3 is 11.8 Å². The SMILES string of the molecule is O=c1o[nH]c2ccc(C(F)(F)F)cc12. The van der Waals surface area contributed by atoms with E-state index in [-0.39, 0.29) is 10.9 Å². The lowest BCUT2D eigenvalue weighted by Crippen LogP contribution is -2.05. The Labute approximate surface area is 75.1 Å². The average molecular weight is 203 g/mol. The van der Waals surface area contributed by atoms with Gasteiger partial charge in [0.1, 0.15) is 0 Å². The molecule has 0 aliphatic heterocycles. The van der Waals surface area contributed by atoms with Gasteiger partial charge in [-0.3, -0.25) is 0 Å². The van der Waals surface area contributed by atoms with E-state index in [1.807, 2.05) is 0 Å². The highest BCUT2D eigenvalue weighted by Gasteiger charge is 2.30. The smallest absolute Gasteiger partial charge is 0.338 e. The summed E-state index contributed by atoms with van der Waals surface area (Å²) >= 11 is 0. The molecule has 0 amide bonds. The standard InChI is InChI=1S/C8H4F3NO2/c9-8(10,11)4-1-2-6-5(3-4)7(13)14-12-6/h1-3,12H. The first-order valence-corrected chi connectivity index (χ1v) is 3.67. The van der Waals surface area contributed by atoms with Crippen molar-refractivity contribution in [3.05, 3.63) is 34.2 Å². The number of hydrogen-bond donors (Lipinski definition) is 1. The molecular formula is C8H4F3NO2. The number of rotatable bonds is 0. The molecule has 2 aromatic rings. The van der Waals surface area contributed by atoms with Crippen molar-refractivity contribution in [3.63, 3.8) is 0 Å². The first kappa shape index (κ1) is 8.86. The van der Waals surface area contributed by atoms with Crippen LogP contribution in [0.2, 0.25) is 0 Å². The third-order valence-corrected chi connectivity index (χ3v) is 1.82. The van der Waals surface area contributed by atoms with Crippen LogP contribution in [0.15, 0.2) is 27.5 Å². The fraction of sp³-hybridized carbons (Fsp3) is 0.125. The van der Waals surface area contributed by atoms with E-state index in [1.165, 1.54) is 0 Å². The molecule has 0 unspecified atom stereocenters. The summed E-state index contributed by atoms with van der Waals surface area (Å²) in [4.78, 5) is 10.9. The van der Waals surface area contributed by atoms with Gasteiger partial charge in [0.2, 0.25) is 0 Å². The summed E-state index contributed by atoms with van der Waals surface area (Å²) in [6, 6.07) is 2.80. The number of H-pyrrole nitrogens is 1. The molecule has 0 saturated carbocycles. The van der Waals surface area contributed by atoms with Crippen molar-refractivity contribution in [2.45, 2.75) is 6.18 Å². The van der Waals surface area contributed by atoms with E-state index in [2.05, 4.69) is 9.68 Å². The number of hydrogen-bond acceptors (Lipinski definition) is 2. The van der Waals surface area contributed by atoms with Crippen LogP contribution in [0.5, 0.6) is 0 Å². The zero-order chi connectivity index (χ0) is 10.3. The summed E-state index contributed by atoms with van der Waals surface area (Å²) in [7, 11) is 0. The number of halogens is 3. The van der Waals surface area contributed by atoms with E-state index in [4.69, 9.17) is 0 Å². The maximum atomic E-state index is 12.2. The van der Waals surface area contributed by atoms with Crippen molar-refractivity contribution < 1.29 is 17.7 Å². The van der Waals surface area contributed by atoms with Crippen molar-refractivity contribution >= 4 is 10.9 Å². The van der Waals surface area contributed by atoms with E-state index >= 15 is 0 Å². The Morgan fingerprint density at radius 1 is 1.29 bits per heavy atom. The number of aromatic amines is 1. The Balaban J connectivity index is 2.72. The summed E-state index contributed by atoms with van der Waals surface area (Å²) in [5.41, 5.74) is -1.41. The number of fused-ring (bicyclic) bond motifs is 1. The highest BCUT2D eigenvalue weighted by Crippen LogP contribution is 2.30. The largest absolute Gasteiger partial charge is 0.416 e. The van der Waals surface area contributed by atoms with Crippen molar-refractivity contribution in [1.29, 1.82) is 0 Å². The lowest BCUT2D eigenvalue weighted by Gasteiger charge is -2.04. The predicted octanol–water partition coefficient (Wildman–Crippen LogP) is 2.14. The molecule has 1 aromatic heterocycles. The Bertz CT molecular complexity index is 523. The fourth-order valence-corrected chi connectivity index (χ4v) is 1.13. The second-order valence-electron chi connectivity index (χ2n) is 2.75. The Morgan fingerprint density at radius 3 is 2.64 bits per heavy atom. The molecular weight excluding hydrogens is 199 g/mol. The van der Waals surface area contributed by atoms with Gasteiger partial charge in [-0.2, -0.15) is 13.2 Å². The van der Waals surface area contributed by atoms with Gasteiger partial charge in [0.05, 0.1) is 16.5 Å². The van der Waals surface area contributed by atoms with Crippen LogP contribution in [0.1, 0.15) is 5.56 Å². The summed E-state index contributed by atoms with van der Waals surface area (Å²) in [5.74, 6) is 0. The van der Waals surface area contributed by atoms with E-state index in [9.17, 15) is 18.0 Å². The van der Waals surface area contributed by atoms with Crippen LogP contribution >= 0.6 is 0 Å². The highest BCUT2D eigenvalue weighted by molar-refractivity contribution is 5.77. The van der Waals surface area contributed by atoms with Crippen molar-refractivity contribution in [2.75, 3.05) is 0 Å². The minimum absolute atomic E-state index is 0.0974. The van der Waals surface area contributed by atoms with Crippen LogP contribution in [0.3, 0.4) is 0 Å². The highest BCUT2D eigenvalue weighted by atomic mass is 19.4. The summed E-state index contributed by atoms with van der Waals surface area (Å²) in [6.45, 7) is 0. The van der Waals surface area contributed by atoms with Crippen LogP contribution in [0, 0.1) is 0 Å². The molecule has 1 aromatic carbocycles. The fourth-order valence-electron chi connectivity index (χ4n) is 1.13. The molecule has 1 N–H and O–H groups in total. The van der Waals surface area contributed by atoms with Crippen molar-refractivity contribution in [3.8, 4) is 0 Å². The second-order valence-corrected chi connectivity index (χ2v) is 2.75. The topological polar surface area (TPSA) is 46.0 Å². The van der Waals surface area contributed by atoms with Gasteiger partial charge in [-0.25, -0.2) is 9.95 Å². The first-order valence-electron chi connectivity index (χ1n) is 3.67. The average Bonchev–Trinajstić information content (AvgIpc) is 2.46. The molecule has 3 nitrogen and oxygen atoms in total. The van der Waals surface area contributed by atoms with Gasteiger partial charge in [-0.1, -0.05) is 0 Å². The zero-order valence-electron chi connectivity index (χ0n) is 6.68. The number of benzene rings is 1. The van der Waals surface area contributed by atoms with Gasteiger partial charge in [0.25, 0.3) is 0 Å². The second kappa shape index (κ2) is 2.63. The molecule has 0 radical (unpaired) electrons.